The second-order valence-corrected chi connectivity index (χ2v) is 5.91. The van der Waals surface area contributed by atoms with Gasteiger partial charge in [0.1, 0.15) is 11.5 Å². The van der Waals surface area contributed by atoms with Crippen LogP contribution in [0.4, 0.5) is 5.69 Å². The molecule has 0 spiro atoms. The number of benzene rings is 2. The third kappa shape index (κ3) is 3.74. The lowest BCUT2D eigenvalue weighted by Gasteiger charge is -2.12. The lowest BCUT2D eigenvalue weighted by molar-refractivity contribution is 0.0990. The molecule has 0 radical (unpaired) electrons. The van der Waals surface area contributed by atoms with Crippen LogP contribution >= 0.6 is 23.2 Å². The Morgan fingerprint density at radius 1 is 1.08 bits per heavy atom. The molecule has 0 atom stereocenters. The van der Waals surface area contributed by atoms with Gasteiger partial charge in [0.15, 0.2) is 0 Å². The van der Waals surface area contributed by atoms with Gasteiger partial charge in [0, 0.05) is 22.7 Å². The zero-order chi connectivity index (χ0) is 18.7. The first-order valence-electron chi connectivity index (χ1n) is 7.34. The summed E-state index contributed by atoms with van der Waals surface area (Å²) in [6, 6.07) is 9.92. The summed E-state index contributed by atoms with van der Waals surface area (Å²) in [5, 5.41) is 11.1. The number of ether oxygens (including phenoxy) is 2. The molecule has 0 aliphatic heterocycles. The van der Waals surface area contributed by atoms with Crippen LogP contribution in [0.3, 0.4) is 0 Å². The van der Waals surface area contributed by atoms with Crippen LogP contribution in [0.2, 0.25) is 10.0 Å². The average molecular weight is 394 g/mol. The summed E-state index contributed by atoms with van der Waals surface area (Å²) in [7, 11) is 2.92. The van der Waals surface area contributed by atoms with Gasteiger partial charge in [0.05, 0.1) is 24.9 Å². The molecule has 7 nitrogen and oxygen atoms in total. The number of methoxy groups -OCH3 is 2. The second kappa shape index (κ2) is 7.63. The molecule has 1 amide bonds. The maximum Gasteiger partial charge on any atom is 0.313 e. The van der Waals surface area contributed by atoms with E-state index in [2.05, 4.69) is 15.5 Å². The van der Waals surface area contributed by atoms with Gasteiger partial charge >= 0.3 is 11.8 Å². The predicted octanol–water partition coefficient (Wildman–Crippen LogP) is 4.31. The van der Waals surface area contributed by atoms with Crippen molar-refractivity contribution in [1.29, 1.82) is 0 Å². The fraction of sp³-hybridized carbons (Fsp3) is 0.118. The van der Waals surface area contributed by atoms with E-state index in [-0.39, 0.29) is 11.8 Å². The van der Waals surface area contributed by atoms with Crippen molar-refractivity contribution in [3.63, 3.8) is 0 Å². The number of hydrogen-bond donors (Lipinski definition) is 1. The van der Waals surface area contributed by atoms with E-state index in [9.17, 15) is 4.79 Å². The van der Waals surface area contributed by atoms with Crippen molar-refractivity contribution >= 4 is 34.8 Å². The Labute approximate surface area is 158 Å². The van der Waals surface area contributed by atoms with E-state index in [0.29, 0.717) is 32.8 Å². The van der Waals surface area contributed by atoms with Crippen LogP contribution in [0.25, 0.3) is 11.5 Å². The minimum atomic E-state index is -0.603. The van der Waals surface area contributed by atoms with Crippen LogP contribution in [-0.4, -0.2) is 30.3 Å². The molecule has 3 rings (SSSR count). The summed E-state index contributed by atoms with van der Waals surface area (Å²) in [5.41, 5.74) is 0.955. The van der Waals surface area contributed by atoms with E-state index in [1.54, 1.807) is 24.3 Å². The molecule has 0 bridgehead atoms. The van der Waals surface area contributed by atoms with Gasteiger partial charge in [-0.25, -0.2) is 0 Å². The summed E-state index contributed by atoms with van der Waals surface area (Å²) >= 11 is 12.0. The van der Waals surface area contributed by atoms with Crippen LogP contribution < -0.4 is 14.8 Å². The monoisotopic (exact) mass is 393 g/mol. The van der Waals surface area contributed by atoms with Crippen molar-refractivity contribution < 1.29 is 18.7 Å². The zero-order valence-electron chi connectivity index (χ0n) is 13.7. The maximum atomic E-state index is 12.4. The maximum absolute atomic E-state index is 12.4. The third-order valence-electron chi connectivity index (χ3n) is 3.41. The molecule has 0 fully saturated rings. The Morgan fingerprint density at radius 3 is 2.54 bits per heavy atom. The van der Waals surface area contributed by atoms with E-state index in [1.807, 2.05) is 0 Å². The van der Waals surface area contributed by atoms with E-state index in [0.717, 1.165) is 0 Å². The Balaban J connectivity index is 1.85. The minimum absolute atomic E-state index is 0.179. The fourth-order valence-electron chi connectivity index (χ4n) is 2.19. The molecule has 1 N–H and O–H groups in total. The summed E-state index contributed by atoms with van der Waals surface area (Å²) in [6.07, 6.45) is 0. The first-order valence-corrected chi connectivity index (χ1v) is 8.09. The number of halogens is 2. The fourth-order valence-corrected chi connectivity index (χ4v) is 2.61. The number of anilines is 1. The number of carbonyl (C=O) groups excluding carboxylic acids is 1. The summed E-state index contributed by atoms with van der Waals surface area (Å²) < 4.78 is 15.8. The number of hydrogen-bond acceptors (Lipinski definition) is 6. The van der Waals surface area contributed by atoms with Gasteiger partial charge in [0.25, 0.3) is 0 Å². The molecule has 0 unspecified atom stereocenters. The van der Waals surface area contributed by atoms with Crippen LogP contribution in [0.5, 0.6) is 11.5 Å². The normalized spacial score (nSPS) is 10.5. The quantitative estimate of drug-likeness (QED) is 0.694. The van der Waals surface area contributed by atoms with Gasteiger partial charge < -0.3 is 19.2 Å². The van der Waals surface area contributed by atoms with Gasteiger partial charge in [-0.3, -0.25) is 4.79 Å². The molecule has 3 aromatic rings. The van der Waals surface area contributed by atoms with Crippen molar-refractivity contribution in [2.24, 2.45) is 0 Å². The topological polar surface area (TPSA) is 86.5 Å². The van der Waals surface area contributed by atoms with Gasteiger partial charge in [0.2, 0.25) is 5.89 Å². The standard InChI is InChI=1S/C17H13Cl2N3O4/c1-24-13-8-12(14(25-2)7-11(13)19)20-15(23)17-22-21-16(26-17)9-4-3-5-10(18)6-9/h3-8H,1-2H3,(H,20,23). The Morgan fingerprint density at radius 2 is 1.85 bits per heavy atom. The van der Waals surface area contributed by atoms with Crippen LogP contribution in [-0.2, 0) is 0 Å². The molecular weight excluding hydrogens is 381 g/mol. The summed E-state index contributed by atoms with van der Waals surface area (Å²) in [4.78, 5) is 12.4. The average Bonchev–Trinajstić information content (AvgIpc) is 3.13. The number of carbonyl (C=O) groups is 1. The van der Waals surface area contributed by atoms with Crippen molar-refractivity contribution in [2.45, 2.75) is 0 Å². The highest BCUT2D eigenvalue weighted by molar-refractivity contribution is 6.32. The highest BCUT2D eigenvalue weighted by atomic mass is 35.5. The second-order valence-electron chi connectivity index (χ2n) is 5.06. The molecule has 1 heterocycles. The van der Waals surface area contributed by atoms with Crippen LogP contribution in [0.1, 0.15) is 10.7 Å². The predicted molar refractivity (Wildman–Crippen MR) is 97.3 cm³/mol. The summed E-state index contributed by atoms with van der Waals surface area (Å²) in [6.45, 7) is 0. The van der Waals surface area contributed by atoms with Crippen molar-refractivity contribution in [2.75, 3.05) is 19.5 Å². The van der Waals surface area contributed by atoms with Crippen LogP contribution in [0.15, 0.2) is 40.8 Å². The molecule has 2 aromatic carbocycles. The van der Waals surface area contributed by atoms with Crippen molar-refractivity contribution in [3.8, 4) is 23.0 Å². The van der Waals surface area contributed by atoms with Gasteiger partial charge in [-0.2, -0.15) is 0 Å². The lowest BCUT2D eigenvalue weighted by Crippen LogP contribution is -2.13. The molecule has 134 valence electrons. The van der Waals surface area contributed by atoms with E-state index >= 15 is 0 Å². The van der Waals surface area contributed by atoms with Crippen molar-refractivity contribution in [3.05, 3.63) is 52.3 Å². The number of nitrogens with zero attached hydrogens (tertiary/aromatic N) is 2. The summed E-state index contributed by atoms with van der Waals surface area (Å²) in [5.74, 6) is 0.106. The molecule has 0 aliphatic carbocycles. The first kappa shape index (κ1) is 18.0. The number of aromatic nitrogens is 2. The SMILES string of the molecule is COc1cc(NC(=O)c2nnc(-c3cccc(Cl)c3)o2)c(OC)cc1Cl. The number of amides is 1. The molecule has 26 heavy (non-hydrogen) atoms. The smallest absolute Gasteiger partial charge is 0.313 e. The van der Waals surface area contributed by atoms with E-state index < -0.39 is 5.91 Å². The van der Waals surface area contributed by atoms with Crippen LogP contribution in [0, 0.1) is 0 Å². The highest BCUT2D eigenvalue weighted by Gasteiger charge is 2.19. The van der Waals surface area contributed by atoms with E-state index in [1.165, 1.54) is 26.4 Å². The molecular formula is C17H13Cl2N3O4. The Hall–Kier alpha value is -2.77. The minimum Gasteiger partial charge on any atom is -0.495 e. The highest BCUT2D eigenvalue weighted by Crippen LogP contribution is 2.36. The van der Waals surface area contributed by atoms with Gasteiger partial charge in [-0.05, 0) is 18.2 Å². The lowest BCUT2D eigenvalue weighted by atomic mass is 10.2. The molecule has 0 saturated heterocycles. The molecule has 9 heteroatoms. The van der Waals surface area contributed by atoms with E-state index in [4.69, 9.17) is 37.1 Å². The third-order valence-corrected chi connectivity index (χ3v) is 3.94. The number of nitrogens with one attached hydrogen (secondary N) is 1. The molecule has 0 aliphatic rings. The Bertz CT molecular complexity index is 959. The Kier molecular flexibility index (Phi) is 5.29. The van der Waals surface area contributed by atoms with Gasteiger partial charge in [-0.1, -0.05) is 29.3 Å². The zero-order valence-corrected chi connectivity index (χ0v) is 15.3. The number of rotatable bonds is 5. The van der Waals surface area contributed by atoms with Crippen molar-refractivity contribution in [1.82, 2.24) is 10.2 Å². The largest absolute Gasteiger partial charge is 0.495 e. The molecule has 1 aromatic heterocycles. The molecule has 0 saturated carbocycles. The van der Waals surface area contributed by atoms with Gasteiger partial charge in [-0.15, -0.1) is 10.2 Å². The first-order chi connectivity index (χ1) is 12.5.